The number of benzene rings is 2. The van der Waals surface area contributed by atoms with E-state index in [1.165, 1.54) is 16.0 Å². The molecule has 22 heavy (non-hydrogen) atoms. The van der Waals surface area contributed by atoms with Crippen LogP contribution in [0.2, 0.25) is 0 Å². The van der Waals surface area contributed by atoms with Crippen molar-refractivity contribution in [2.45, 2.75) is 56.9 Å². The molecule has 0 aliphatic heterocycles. The van der Waals surface area contributed by atoms with Crippen molar-refractivity contribution >= 4 is 11.9 Å². The Morgan fingerprint density at radius 3 is 2.18 bits per heavy atom. The Bertz CT molecular complexity index is 555. The molecule has 0 fully saturated rings. The van der Waals surface area contributed by atoms with E-state index >= 15 is 0 Å². The fourth-order valence-corrected chi connectivity index (χ4v) is 3.01. The van der Waals surface area contributed by atoms with E-state index < -0.39 is 0 Å². The number of hydrogen-bond acceptors (Lipinski definition) is 2. The normalized spacial score (nSPS) is 13.1. The third kappa shape index (κ3) is 5.51. The van der Waals surface area contributed by atoms with Crippen molar-refractivity contribution in [1.29, 1.82) is 0 Å². The molecule has 1 N–H and O–H groups in total. The average molecular weight is 314 g/mol. The molecule has 1 atom stereocenters. The molecule has 2 aromatic carbocycles. The number of hydrogen-bond donors (Lipinski definition) is 1. The molecule has 0 radical (unpaired) electrons. The molecule has 0 aromatic heterocycles. The summed E-state index contributed by atoms with van der Waals surface area (Å²) in [5.74, 6) is 0. The monoisotopic (exact) mass is 313 g/mol. The molecule has 0 bridgehead atoms. The molecule has 1 nitrogen and oxygen atoms in total. The summed E-state index contributed by atoms with van der Waals surface area (Å²) in [5, 5.41) is 0. The van der Waals surface area contributed by atoms with Crippen LogP contribution in [0.1, 0.15) is 45.2 Å². The summed E-state index contributed by atoms with van der Waals surface area (Å²) in [5.41, 5.74) is 3.02. The highest BCUT2D eigenvalue weighted by atomic mass is 32.2. The summed E-state index contributed by atoms with van der Waals surface area (Å²) in [4.78, 5) is 1.28. The van der Waals surface area contributed by atoms with Crippen molar-refractivity contribution in [3.05, 3.63) is 65.7 Å². The molecule has 0 heterocycles. The van der Waals surface area contributed by atoms with Crippen molar-refractivity contribution in [2.75, 3.05) is 0 Å². The molecule has 0 spiro atoms. The summed E-state index contributed by atoms with van der Waals surface area (Å²) in [6, 6.07) is 20.1. The van der Waals surface area contributed by atoms with Crippen molar-refractivity contribution in [3.8, 4) is 0 Å². The lowest BCUT2D eigenvalue weighted by Crippen LogP contribution is -2.19. The highest BCUT2D eigenvalue weighted by Gasteiger charge is 2.13. The molecule has 1 unspecified atom stereocenters. The van der Waals surface area contributed by atoms with Crippen LogP contribution in [-0.4, -0.2) is 6.04 Å². The lowest BCUT2D eigenvalue weighted by atomic mass is 9.87. The van der Waals surface area contributed by atoms with Gasteiger partial charge in [-0.25, -0.2) is 0 Å². The summed E-state index contributed by atoms with van der Waals surface area (Å²) in [6.45, 7) is 9.00. The van der Waals surface area contributed by atoms with E-state index in [1.807, 2.05) is 0 Å². The number of nitrogens with one attached hydrogen (secondary N) is 1. The van der Waals surface area contributed by atoms with Crippen LogP contribution in [0.4, 0.5) is 0 Å². The van der Waals surface area contributed by atoms with E-state index in [9.17, 15) is 0 Å². The van der Waals surface area contributed by atoms with Crippen LogP contribution < -0.4 is 4.72 Å². The van der Waals surface area contributed by atoms with Gasteiger partial charge in [0.15, 0.2) is 0 Å². The zero-order chi connectivity index (χ0) is 16.0. The third-order valence-electron chi connectivity index (χ3n) is 3.81. The van der Waals surface area contributed by atoms with Gasteiger partial charge in [0.1, 0.15) is 0 Å². The maximum atomic E-state index is 3.54. The van der Waals surface area contributed by atoms with Crippen LogP contribution in [0.15, 0.2) is 59.5 Å². The van der Waals surface area contributed by atoms with Crippen LogP contribution in [0.5, 0.6) is 0 Å². The number of aryl methyl sites for hydroxylation is 1. The average Bonchev–Trinajstić information content (AvgIpc) is 2.51. The minimum atomic E-state index is 0.222. The molecule has 118 valence electrons. The molecule has 0 aliphatic carbocycles. The standard InChI is InChI=1S/C20H27NS/c1-16(10-11-17-8-6-5-7-9-17)21-22-19-14-12-18(13-15-19)20(2,3)4/h5-9,12-16,21H,10-11H2,1-4H3. The first-order valence-electron chi connectivity index (χ1n) is 8.02. The minimum absolute atomic E-state index is 0.222. The third-order valence-corrected chi connectivity index (χ3v) is 4.84. The first kappa shape index (κ1) is 17.1. The van der Waals surface area contributed by atoms with Crippen molar-refractivity contribution < 1.29 is 0 Å². The molecule has 0 saturated heterocycles. The van der Waals surface area contributed by atoms with Gasteiger partial charge in [0.2, 0.25) is 0 Å². The maximum absolute atomic E-state index is 3.54. The zero-order valence-electron chi connectivity index (χ0n) is 14.1. The summed E-state index contributed by atoms with van der Waals surface area (Å²) in [7, 11) is 0. The van der Waals surface area contributed by atoms with Gasteiger partial charge in [-0.1, -0.05) is 63.2 Å². The van der Waals surface area contributed by atoms with Gasteiger partial charge in [-0.05, 0) is 60.4 Å². The van der Waals surface area contributed by atoms with Crippen LogP contribution in [0.25, 0.3) is 0 Å². The van der Waals surface area contributed by atoms with Gasteiger partial charge in [-0.15, -0.1) is 0 Å². The molecule has 2 heteroatoms. The first-order valence-corrected chi connectivity index (χ1v) is 8.83. The zero-order valence-corrected chi connectivity index (χ0v) is 14.9. The van der Waals surface area contributed by atoms with E-state index in [2.05, 4.69) is 87.0 Å². The van der Waals surface area contributed by atoms with E-state index in [0.717, 1.165) is 12.8 Å². The second-order valence-corrected chi connectivity index (χ2v) is 7.83. The van der Waals surface area contributed by atoms with E-state index in [4.69, 9.17) is 0 Å². The summed E-state index contributed by atoms with van der Waals surface area (Å²) >= 11 is 1.73. The van der Waals surface area contributed by atoms with Gasteiger partial charge >= 0.3 is 0 Å². The van der Waals surface area contributed by atoms with Crippen molar-refractivity contribution in [2.24, 2.45) is 0 Å². The second-order valence-electron chi connectivity index (χ2n) is 6.92. The van der Waals surface area contributed by atoms with Crippen LogP contribution >= 0.6 is 11.9 Å². The van der Waals surface area contributed by atoms with Gasteiger partial charge in [0.05, 0.1) is 0 Å². The predicted molar refractivity (Wildman–Crippen MR) is 98.4 cm³/mol. The molecule has 0 saturated carbocycles. The summed E-state index contributed by atoms with van der Waals surface area (Å²) in [6.07, 6.45) is 2.27. The molecular weight excluding hydrogens is 286 g/mol. The second kappa shape index (κ2) is 7.85. The van der Waals surface area contributed by atoms with E-state index in [1.54, 1.807) is 11.9 Å². The summed E-state index contributed by atoms with van der Waals surface area (Å²) < 4.78 is 3.54. The molecule has 2 rings (SSSR count). The van der Waals surface area contributed by atoms with Crippen LogP contribution in [0.3, 0.4) is 0 Å². The van der Waals surface area contributed by atoms with Crippen LogP contribution in [-0.2, 0) is 11.8 Å². The fourth-order valence-electron chi connectivity index (χ4n) is 2.28. The number of rotatable bonds is 6. The molecular formula is C20H27NS. The minimum Gasteiger partial charge on any atom is -0.257 e. The van der Waals surface area contributed by atoms with Gasteiger partial charge < -0.3 is 0 Å². The quantitative estimate of drug-likeness (QED) is 0.696. The SMILES string of the molecule is CC(CCc1ccccc1)NSc1ccc(C(C)(C)C)cc1. The van der Waals surface area contributed by atoms with Gasteiger partial charge in [0, 0.05) is 10.9 Å². The first-order chi connectivity index (χ1) is 10.4. The van der Waals surface area contributed by atoms with Crippen molar-refractivity contribution in [3.63, 3.8) is 0 Å². The van der Waals surface area contributed by atoms with E-state index in [-0.39, 0.29) is 5.41 Å². The Morgan fingerprint density at radius 1 is 0.955 bits per heavy atom. The Balaban J connectivity index is 1.77. The molecule has 2 aromatic rings. The van der Waals surface area contributed by atoms with Gasteiger partial charge in [0.25, 0.3) is 0 Å². The molecule has 0 amide bonds. The van der Waals surface area contributed by atoms with Gasteiger partial charge in [-0.3, -0.25) is 4.72 Å². The smallest absolute Gasteiger partial charge is 0.0228 e. The Morgan fingerprint density at radius 2 is 1.59 bits per heavy atom. The highest BCUT2D eigenvalue weighted by molar-refractivity contribution is 7.97. The fraction of sp³-hybridized carbons (Fsp3) is 0.400. The lowest BCUT2D eigenvalue weighted by Gasteiger charge is -2.19. The Labute approximate surface area is 139 Å². The highest BCUT2D eigenvalue weighted by Crippen LogP contribution is 2.25. The maximum Gasteiger partial charge on any atom is 0.0228 e. The van der Waals surface area contributed by atoms with Crippen molar-refractivity contribution in [1.82, 2.24) is 4.72 Å². The Kier molecular flexibility index (Phi) is 6.10. The lowest BCUT2D eigenvalue weighted by molar-refractivity contribution is 0.589. The van der Waals surface area contributed by atoms with Crippen LogP contribution in [0, 0.1) is 0 Å². The van der Waals surface area contributed by atoms with E-state index in [0.29, 0.717) is 6.04 Å². The predicted octanol–water partition coefficient (Wildman–Crippen LogP) is 5.60. The molecule has 0 aliphatic rings. The van der Waals surface area contributed by atoms with Gasteiger partial charge in [-0.2, -0.15) is 0 Å². The topological polar surface area (TPSA) is 12.0 Å². The Hall–Kier alpha value is -1.25. The largest absolute Gasteiger partial charge is 0.257 e.